The summed E-state index contributed by atoms with van der Waals surface area (Å²) in [6.45, 7) is 0. The number of ether oxygens (including phenoxy) is 1. The number of halogens is 5. The van der Waals surface area contributed by atoms with E-state index in [4.69, 9.17) is 0 Å². The Morgan fingerprint density at radius 1 is 1.05 bits per heavy atom. The maximum absolute atomic E-state index is 12.7. The summed E-state index contributed by atoms with van der Waals surface area (Å²) >= 11 is 0.648. The van der Waals surface area contributed by atoms with Crippen molar-refractivity contribution < 1.29 is 36.3 Å². The fourth-order valence-electron chi connectivity index (χ4n) is 1.41. The smallest absolute Gasteiger partial charge is 0.426 e. The minimum atomic E-state index is -5.83. The molecule has 0 saturated carbocycles. The van der Waals surface area contributed by atoms with Gasteiger partial charge in [-0.3, -0.25) is 14.9 Å². The lowest BCUT2D eigenvalue weighted by Gasteiger charge is -2.20. The molecule has 118 valence electrons. The van der Waals surface area contributed by atoms with Crippen LogP contribution in [0.25, 0.3) is 6.08 Å². The first-order valence-corrected chi connectivity index (χ1v) is 6.38. The van der Waals surface area contributed by atoms with Gasteiger partial charge in [0.1, 0.15) is 5.75 Å². The minimum Gasteiger partial charge on any atom is -0.426 e. The van der Waals surface area contributed by atoms with Crippen LogP contribution in [0.4, 0.5) is 26.7 Å². The van der Waals surface area contributed by atoms with Crippen molar-refractivity contribution in [3.8, 4) is 5.75 Å². The molecular formula is C12H6F5NO3S. The third-order valence-electron chi connectivity index (χ3n) is 2.40. The molecule has 2 amide bonds. The van der Waals surface area contributed by atoms with Crippen LogP contribution < -0.4 is 10.1 Å². The Morgan fingerprint density at radius 3 is 2.09 bits per heavy atom. The standard InChI is InChI=1S/C12H6F5NO3S/c13-11(14,15)12(16,17)21-7-3-1-6(2-4-7)5-8-9(19)18-10(20)22-8/h1-5H,(H,18,19,20). The van der Waals surface area contributed by atoms with Crippen LogP contribution in [0.2, 0.25) is 0 Å². The van der Waals surface area contributed by atoms with Gasteiger partial charge in [-0.1, -0.05) is 12.1 Å². The summed E-state index contributed by atoms with van der Waals surface area (Å²) in [5.74, 6) is -1.30. The number of thioether (sulfide) groups is 1. The molecule has 1 N–H and O–H groups in total. The van der Waals surface area contributed by atoms with E-state index in [1.54, 1.807) is 0 Å². The second-order valence-corrected chi connectivity index (χ2v) is 5.05. The Bertz CT molecular complexity index is 639. The molecule has 1 aliphatic rings. The maximum atomic E-state index is 12.7. The van der Waals surface area contributed by atoms with Gasteiger partial charge in [0.2, 0.25) is 0 Å². The van der Waals surface area contributed by atoms with Crippen molar-refractivity contribution in [2.45, 2.75) is 12.3 Å². The number of rotatable bonds is 3. The van der Waals surface area contributed by atoms with E-state index in [0.29, 0.717) is 17.3 Å². The summed E-state index contributed by atoms with van der Waals surface area (Å²) in [5.41, 5.74) is 0.329. The zero-order chi connectivity index (χ0) is 16.5. The molecule has 0 atom stereocenters. The van der Waals surface area contributed by atoms with Crippen molar-refractivity contribution in [1.29, 1.82) is 0 Å². The van der Waals surface area contributed by atoms with E-state index in [0.717, 1.165) is 12.1 Å². The molecule has 1 fully saturated rings. The lowest BCUT2D eigenvalue weighted by Crippen LogP contribution is -2.41. The van der Waals surface area contributed by atoms with Crippen molar-refractivity contribution in [3.63, 3.8) is 0 Å². The van der Waals surface area contributed by atoms with Gasteiger partial charge in [-0.05, 0) is 35.5 Å². The van der Waals surface area contributed by atoms with Crippen molar-refractivity contribution in [2.75, 3.05) is 0 Å². The first-order chi connectivity index (χ1) is 10.1. The number of carbonyl (C=O) groups is 2. The van der Waals surface area contributed by atoms with Gasteiger partial charge in [0.25, 0.3) is 11.1 Å². The SMILES string of the molecule is O=C1NC(=O)C(=Cc2ccc(OC(F)(F)C(F)(F)F)cc2)S1. The first kappa shape index (κ1) is 16.3. The molecule has 0 aromatic heterocycles. The average molecular weight is 339 g/mol. The Kier molecular flexibility index (Phi) is 4.14. The molecular weight excluding hydrogens is 333 g/mol. The Morgan fingerprint density at radius 2 is 1.64 bits per heavy atom. The highest BCUT2D eigenvalue weighted by Gasteiger charge is 2.61. The number of benzene rings is 1. The monoisotopic (exact) mass is 339 g/mol. The van der Waals surface area contributed by atoms with Crippen molar-refractivity contribution >= 4 is 29.0 Å². The fraction of sp³-hybridized carbons (Fsp3) is 0.167. The lowest BCUT2D eigenvalue weighted by atomic mass is 10.2. The van der Waals surface area contributed by atoms with Crippen LogP contribution in [-0.4, -0.2) is 23.4 Å². The molecule has 0 radical (unpaired) electrons. The van der Waals surface area contributed by atoms with Crippen molar-refractivity contribution in [3.05, 3.63) is 34.7 Å². The van der Waals surface area contributed by atoms with Gasteiger partial charge in [-0.2, -0.15) is 22.0 Å². The zero-order valence-corrected chi connectivity index (χ0v) is 11.2. The molecule has 22 heavy (non-hydrogen) atoms. The predicted molar refractivity (Wildman–Crippen MR) is 67.2 cm³/mol. The molecule has 4 nitrogen and oxygen atoms in total. The van der Waals surface area contributed by atoms with Crippen LogP contribution in [-0.2, 0) is 4.79 Å². The summed E-state index contributed by atoms with van der Waals surface area (Å²) in [6, 6.07) is 4.13. The summed E-state index contributed by atoms with van der Waals surface area (Å²) in [4.78, 5) is 22.3. The summed E-state index contributed by atoms with van der Waals surface area (Å²) < 4.78 is 64.9. The number of carbonyl (C=O) groups excluding carboxylic acids is 2. The highest BCUT2D eigenvalue weighted by molar-refractivity contribution is 8.18. The predicted octanol–water partition coefficient (Wildman–Crippen LogP) is 3.54. The first-order valence-electron chi connectivity index (χ1n) is 5.57. The van der Waals surface area contributed by atoms with E-state index in [-0.39, 0.29) is 4.91 Å². The summed E-state index contributed by atoms with van der Waals surface area (Å²) in [5, 5.41) is 1.46. The largest absolute Gasteiger partial charge is 0.499 e. The van der Waals surface area contributed by atoms with Gasteiger partial charge in [0.05, 0.1) is 4.91 Å². The third-order valence-corrected chi connectivity index (χ3v) is 3.21. The minimum absolute atomic E-state index is 0.0827. The second-order valence-electron chi connectivity index (χ2n) is 4.04. The van der Waals surface area contributed by atoms with Crippen molar-refractivity contribution in [1.82, 2.24) is 5.32 Å². The maximum Gasteiger partial charge on any atom is 0.499 e. The quantitative estimate of drug-likeness (QED) is 0.676. The lowest BCUT2D eigenvalue weighted by molar-refractivity contribution is -0.360. The van der Waals surface area contributed by atoms with Crippen molar-refractivity contribution in [2.24, 2.45) is 0 Å². The van der Waals surface area contributed by atoms with Gasteiger partial charge in [-0.15, -0.1) is 0 Å². The molecule has 1 aromatic carbocycles. The van der Waals surface area contributed by atoms with E-state index in [2.05, 4.69) is 4.74 Å². The van der Waals surface area contributed by atoms with Crippen LogP contribution in [0.1, 0.15) is 5.56 Å². The summed E-state index contributed by atoms with van der Waals surface area (Å²) in [6.07, 6.45) is -9.84. The Hall–Kier alpha value is -2.10. The number of alkyl halides is 5. The summed E-state index contributed by atoms with van der Waals surface area (Å²) in [7, 11) is 0. The normalized spacial score (nSPS) is 17.8. The van der Waals surface area contributed by atoms with E-state index < -0.39 is 29.2 Å². The molecule has 0 spiro atoms. The molecule has 10 heteroatoms. The number of amides is 2. The Balaban J connectivity index is 2.13. The molecule has 1 heterocycles. The van der Waals surface area contributed by atoms with Crippen LogP contribution in [0.5, 0.6) is 5.75 Å². The van der Waals surface area contributed by atoms with Crippen LogP contribution in [0, 0.1) is 0 Å². The average Bonchev–Trinajstić information content (AvgIpc) is 2.68. The van der Waals surface area contributed by atoms with Crippen LogP contribution in [0.3, 0.4) is 0 Å². The number of hydrogen-bond donors (Lipinski definition) is 1. The number of imide groups is 1. The highest BCUT2D eigenvalue weighted by Crippen LogP contribution is 2.37. The van der Waals surface area contributed by atoms with Gasteiger partial charge in [-0.25, -0.2) is 0 Å². The van der Waals surface area contributed by atoms with Gasteiger partial charge in [0, 0.05) is 0 Å². The number of hydrogen-bond acceptors (Lipinski definition) is 4. The molecule has 0 bridgehead atoms. The van der Waals surface area contributed by atoms with E-state index in [9.17, 15) is 31.5 Å². The van der Waals surface area contributed by atoms with Gasteiger partial charge < -0.3 is 4.74 Å². The van der Waals surface area contributed by atoms with Gasteiger partial charge >= 0.3 is 12.3 Å². The molecule has 1 aliphatic heterocycles. The van der Waals surface area contributed by atoms with Crippen LogP contribution >= 0.6 is 11.8 Å². The van der Waals surface area contributed by atoms with Crippen LogP contribution in [0.15, 0.2) is 29.2 Å². The molecule has 1 saturated heterocycles. The molecule has 2 rings (SSSR count). The van der Waals surface area contributed by atoms with E-state index >= 15 is 0 Å². The topological polar surface area (TPSA) is 55.4 Å². The van der Waals surface area contributed by atoms with Gasteiger partial charge in [0.15, 0.2) is 0 Å². The second kappa shape index (κ2) is 5.59. The third kappa shape index (κ3) is 3.56. The zero-order valence-electron chi connectivity index (χ0n) is 10.4. The molecule has 1 aromatic rings. The fourth-order valence-corrected chi connectivity index (χ4v) is 2.09. The van der Waals surface area contributed by atoms with E-state index in [1.165, 1.54) is 18.2 Å². The van der Waals surface area contributed by atoms with E-state index in [1.807, 2.05) is 5.32 Å². The molecule has 0 unspecified atom stereocenters. The molecule has 0 aliphatic carbocycles. The number of nitrogens with one attached hydrogen (secondary N) is 1. The Labute approximate surface area is 124 Å². The highest BCUT2D eigenvalue weighted by atomic mass is 32.2.